The van der Waals surface area contributed by atoms with E-state index in [1.165, 1.54) is 6.07 Å². The first-order valence-corrected chi connectivity index (χ1v) is 8.91. The number of nitro groups is 1. The van der Waals surface area contributed by atoms with Crippen molar-refractivity contribution < 1.29 is 9.72 Å². The van der Waals surface area contributed by atoms with Crippen molar-refractivity contribution in [3.8, 4) is 0 Å². The minimum atomic E-state index is -0.471. The predicted molar refractivity (Wildman–Crippen MR) is 103 cm³/mol. The van der Waals surface area contributed by atoms with Crippen molar-refractivity contribution in [3.63, 3.8) is 0 Å². The summed E-state index contributed by atoms with van der Waals surface area (Å²) in [5.74, 6) is -0.212. The number of carbonyl (C=O) groups excluding carboxylic acids is 1. The molecule has 142 valence electrons. The number of nitrogens with one attached hydrogen (secondary N) is 2. The monoisotopic (exact) mass is 369 g/mol. The molecule has 2 heterocycles. The lowest BCUT2D eigenvalue weighted by molar-refractivity contribution is -0.384. The number of pyridine rings is 1. The van der Waals surface area contributed by atoms with Crippen molar-refractivity contribution >= 4 is 17.3 Å². The van der Waals surface area contributed by atoms with E-state index in [9.17, 15) is 14.9 Å². The first-order chi connectivity index (χ1) is 13.0. The lowest BCUT2D eigenvalue weighted by Gasteiger charge is -2.24. The molecular formula is C19H23N5O3. The number of hydrogen-bond acceptors (Lipinski definition) is 6. The zero-order valence-electron chi connectivity index (χ0n) is 15.4. The third-order valence-electron chi connectivity index (χ3n) is 4.85. The molecule has 2 unspecified atom stereocenters. The summed E-state index contributed by atoms with van der Waals surface area (Å²) in [4.78, 5) is 29.7. The minimum absolute atomic E-state index is 0.110. The van der Waals surface area contributed by atoms with Crippen LogP contribution in [0.5, 0.6) is 0 Å². The number of nitrogens with zero attached hydrogens (tertiary/aromatic N) is 3. The van der Waals surface area contributed by atoms with Crippen LogP contribution in [0.1, 0.15) is 35.4 Å². The van der Waals surface area contributed by atoms with Gasteiger partial charge in [-0.3, -0.25) is 19.9 Å². The molecule has 8 nitrogen and oxygen atoms in total. The second-order valence-electron chi connectivity index (χ2n) is 6.67. The molecule has 1 amide bonds. The first kappa shape index (κ1) is 18.8. The lowest BCUT2D eigenvalue weighted by Crippen LogP contribution is -2.38. The van der Waals surface area contributed by atoms with E-state index in [-0.39, 0.29) is 23.7 Å². The Hall–Kier alpha value is -3.00. The Morgan fingerprint density at radius 2 is 2.22 bits per heavy atom. The highest BCUT2D eigenvalue weighted by Crippen LogP contribution is 2.29. The number of aromatic nitrogens is 1. The molecule has 0 saturated carbocycles. The maximum absolute atomic E-state index is 12.7. The van der Waals surface area contributed by atoms with Gasteiger partial charge in [0, 0.05) is 37.5 Å². The normalized spacial score (nSPS) is 17.3. The fourth-order valence-electron chi connectivity index (χ4n) is 3.22. The molecule has 8 heteroatoms. The van der Waals surface area contributed by atoms with Gasteiger partial charge in [-0.15, -0.1) is 0 Å². The largest absolute Gasteiger partial charge is 0.371 e. The zero-order chi connectivity index (χ0) is 19.4. The lowest BCUT2D eigenvalue weighted by atomic mass is 10.1. The van der Waals surface area contributed by atoms with E-state index in [1.807, 2.05) is 25.1 Å². The van der Waals surface area contributed by atoms with Crippen molar-refractivity contribution in [2.24, 2.45) is 0 Å². The van der Waals surface area contributed by atoms with Crippen molar-refractivity contribution in [3.05, 3.63) is 64.0 Å². The van der Waals surface area contributed by atoms with Gasteiger partial charge in [-0.1, -0.05) is 6.07 Å². The van der Waals surface area contributed by atoms with Gasteiger partial charge in [-0.05, 0) is 44.2 Å². The van der Waals surface area contributed by atoms with Crippen LogP contribution in [0.4, 0.5) is 11.4 Å². The van der Waals surface area contributed by atoms with Gasteiger partial charge in [-0.25, -0.2) is 0 Å². The summed E-state index contributed by atoms with van der Waals surface area (Å²) in [6, 6.07) is 9.99. The quantitative estimate of drug-likeness (QED) is 0.600. The first-order valence-electron chi connectivity index (χ1n) is 8.91. The van der Waals surface area contributed by atoms with Gasteiger partial charge >= 0.3 is 0 Å². The molecule has 1 saturated heterocycles. The predicted octanol–water partition coefficient (Wildman–Crippen LogP) is 2.60. The van der Waals surface area contributed by atoms with E-state index in [1.54, 1.807) is 30.3 Å². The number of hydrogen-bond donors (Lipinski definition) is 2. The molecule has 2 atom stereocenters. The van der Waals surface area contributed by atoms with E-state index in [2.05, 4.69) is 15.6 Å². The Balaban J connectivity index is 1.82. The highest BCUT2D eigenvalue weighted by molar-refractivity contribution is 5.95. The van der Waals surface area contributed by atoms with Crippen LogP contribution >= 0.6 is 0 Å². The van der Waals surface area contributed by atoms with Crippen molar-refractivity contribution in [1.29, 1.82) is 0 Å². The van der Waals surface area contributed by atoms with Gasteiger partial charge in [0.2, 0.25) is 0 Å². The molecule has 2 aromatic rings. The summed E-state index contributed by atoms with van der Waals surface area (Å²) >= 11 is 0. The molecule has 0 aliphatic carbocycles. The fourth-order valence-corrected chi connectivity index (χ4v) is 3.22. The average molecular weight is 369 g/mol. The smallest absolute Gasteiger partial charge is 0.293 e. The van der Waals surface area contributed by atoms with Crippen LogP contribution in [0.15, 0.2) is 42.6 Å². The molecule has 1 fully saturated rings. The van der Waals surface area contributed by atoms with Gasteiger partial charge in [0.1, 0.15) is 5.69 Å². The third kappa shape index (κ3) is 4.22. The van der Waals surface area contributed by atoms with Gasteiger partial charge in [-0.2, -0.15) is 0 Å². The van der Waals surface area contributed by atoms with Crippen LogP contribution in [-0.4, -0.2) is 46.9 Å². The Bertz CT molecular complexity index is 821. The van der Waals surface area contributed by atoms with Crippen LogP contribution in [0.25, 0.3) is 0 Å². The molecule has 0 bridgehead atoms. The van der Waals surface area contributed by atoms with Gasteiger partial charge in [0.05, 0.1) is 16.7 Å². The second-order valence-corrected chi connectivity index (χ2v) is 6.67. The summed E-state index contributed by atoms with van der Waals surface area (Å²) in [6.07, 6.45) is 2.56. The Labute approximate surface area is 157 Å². The van der Waals surface area contributed by atoms with Gasteiger partial charge < -0.3 is 15.5 Å². The second kappa shape index (κ2) is 8.13. The van der Waals surface area contributed by atoms with Crippen molar-refractivity contribution in [2.75, 3.05) is 25.5 Å². The van der Waals surface area contributed by atoms with E-state index < -0.39 is 4.92 Å². The van der Waals surface area contributed by atoms with Crippen LogP contribution in [0.2, 0.25) is 0 Å². The maximum atomic E-state index is 12.7. The number of amides is 1. The van der Waals surface area contributed by atoms with E-state index in [0.717, 1.165) is 25.2 Å². The molecule has 1 aliphatic heterocycles. The van der Waals surface area contributed by atoms with Gasteiger partial charge in [0.25, 0.3) is 11.6 Å². The summed E-state index contributed by atoms with van der Waals surface area (Å²) in [5.41, 5.74) is 1.33. The zero-order valence-corrected chi connectivity index (χ0v) is 15.4. The molecule has 1 aromatic heterocycles. The number of benzene rings is 1. The van der Waals surface area contributed by atoms with Crippen LogP contribution in [0.3, 0.4) is 0 Å². The molecule has 0 radical (unpaired) electrons. The molecule has 0 spiro atoms. The van der Waals surface area contributed by atoms with Crippen molar-refractivity contribution in [1.82, 2.24) is 15.2 Å². The summed E-state index contributed by atoms with van der Waals surface area (Å²) in [5, 5.41) is 17.9. The maximum Gasteiger partial charge on any atom is 0.293 e. The Morgan fingerprint density at radius 3 is 2.85 bits per heavy atom. The standard InChI is InChI=1S/C19H23N5O3/c1-13(16-5-3-4-9-21-16)22-17-7-6-14(11-18(17)24(26)27)19(25)23(2)15-8-10-20-12-15/h3-7,9,11,13,15,20,22H,8,10,12H2,1-2H3. The molecule has 27 heavy (non-hydrogen) atoms. The van der Waals surface area contributed by atoms with E-state index >= 15 is 0 Å². The molecular weight excluding hydrogens is 346 g/mol. The topological polar surface area (TPSA) is 100 Å². The van der Waals surface area contributed by atoms with E-state index in [4.69, 9.17) is 0 Å². The van der Waals surface area contributed by atoms with Crippen molar-refractivity contribution in [2.45, 2.75) is 25.4 Å². The number of anilines is 1. The molecule has 1 aromatic carbocycles. The molecule has 2 N–H and O–H groups in total. The number of nitro benzene ring substituents is 1. The Kier molecular flexibility index (Phi) is 5.66. The summed E-state index contributed by atoms with van der Waals surface area (Å²) < 4.78 is 0. The highest BCUT2D eigenvalue weighted by atomic mass is 16.6. The molecule has 3 rings (SSSR count). The number of likely N-dealkylation sites (N-methyl/N-ethyl adjacent to an activating group) is 1. The summed E-state index contributed by atoms with van der Waals surface area (Å²) in [7, 11) is 1.74. The van der Waals surface area contributed by atoms with Crippen LogP contribution < -0.4 is 10.6 Å². The number of rotatable bonds is 6. The fraction of sp³-hybridized carbons (Fsp3) is 0.368. The van der Waals surface area contributed by atoms with Crippen LogP contribution in [0, 0.1) is 10.1 Å². The van der Waals surface area contributed by atoms with Crippen LogP contribution in [-0.2, 0) is 0 Å². The number of carbonyl (C=O) groups is 1. The third-order valence-corrected chi connectivity index (χ3v) is 4.85. The van der Waals surface area contributed by atoms with E-state index in [0.29, 0.717) is 11.3 Å². The minimum Gasteiger partial charge on any atom is -0.371 e. The molecule has 1 aliphatic rings. The van der Waals surface area contributed by atoms with Gasteiger partial charge in [0.15, 0.2) is 0 Å². The highest BCUT2D eigenvalue weighted by Gasteiger charge is 2.26. The average Bonchev–Trinajstić information content (AvgIpc) is 3.22. The Morgan fingerprint density at radius 1 is 1.41 bits per heavy atom. The SMILES string of the molecule is CC(Nc1ccc(C(=O)N(C)C2CCNC2)cc1[N+](=O)[O-])c1ccccn1. The summed E-state index contributed by atoms with van der Waals surface area (Å²) in [6.45, 7) is 3.49.